The maximum atomic E-state index is 5.10. The van der Waals surface area contributed by atoms with Crippen LogP contribution in [0.4, 0.5) is 23.1 Å². The number of para-hydroxylation sites is 1. The summed E-state index contributed by atoms with van der Waals surface area (Å²) >= 11 is 0. The monoisotopic (exact) mass is 350 g/mol. The first kappa shape index (κ1) is 16.4. The SMILES string of the molecule is Cc1nc(Nc2cc(C)on2)cc(N2CCN(c3ccccc3)CC2)n1. The summed E-state index contributed by atoms with van der Waals surface area (Å²) in [4.78, 5) is 13.8. The summed E-state index contributed by atoms with van der Waals surface area (Å²) in [7, 11) is 0. The van der Waals surface area contributed by atoms with Gasteiger partial charge in [-0.2, -0.15) is 0 Å². The summed E-state index contributed by atoms with van der Waals surface area (Å²) in [6, 6.07) is 14.3. The van der Waals surface area contributed by atoms with Crippen molar-refractivity contribution in [1.29, 1.82) is 0 Å². The molecule has 2 aromatic heterocycles. The van der Waals surface area contributed by atoms with Crippen molar-refractivity contribution in [3.05, 3.63) is 54.0 Å². The Balaban J connectivity index is 1.46. The third-order valence-corrected chi connectivity index (χ3v) is 4.43. The summed E-state index contributed by atoms with van der Waals surface area (Å²) in [6.45, 7) is 7.56. The molecule has 1 aliphatic heterocycles. The molecule has 4 rings (SSSR count). The number of aryl methyl sites for hydroxylation is 2. The van der Waals surface area contributed by atoms with E-state index in [1.54, 1.807) is 0 Å². The van der Waals surface area contributed by atoms with Crippen LogP contribution in [-0.4, -0.2) is 41.3 Å². The van der Waals surface area contributed by atoms with E-state index in [1.807, 2.05) is 32.0 Å². The third kappa shape index (κ3) is 3.61. The van der Waals surface area contributed by atoms with Gasteiger partial charge in [0.25, 0.3) is 0 Å². The Morgan fingerprint density at radius 3 is 2.31 bits per heavy atom. The second-order valence-corrected chi connectivity index (χ2v) is 6.42. The maximum absolute atomic E-state index is 5.10. The zero-order valence-electron chi connectivity index (χ0n) is 15.0. The van der Waals surface area contributed by atoms with Gasteiger partial charge in [0, 0.05) is 44.0 Å². The molecule has 0 unspecified atom stereocenters. The number of hydrogen-bond donors (Lipinski definition) is 1. The van der Waals surface area contributed by atoms with Gasteiger partial charge in [-0.1, -0.05) is 23.4 Å². The van der Waals surface area contributed by atoms with Gasteiger partial charge in [0.2, 0.25) is 0 Å². The lowest BCUT2D eigenvalue weighted by molar-refractivity contribution is 0.400. The molecule has 0 spiro atoms. The van der Waals surface area contributed by atoms with Crippen LogP contribution in [0, 0.1) is 13.8 Å². The highest BCUT2D eigenvalue weighted by Gasteiger charge is 2.19. The van der Waals surface area contributed by atoms with E-state index in [0.29, 0.717) is 5.82 Å². The Morgan fingerprint density at radius 1 is 0.885 bits per heavy atom. The number of nitrogens with zero attached hydrogens (tertiary/aromatic N) is 5. The fourth-order valence-corrected chi connectivity index (χ4v) is 3.17. The van der Waals surface area contributed by atoms with Crippen LogP contribution in [-0.2, 0) is 0 Å². The van der Waals surface area contributed by atoms with Crippen molar-refractivity contribution in [1.82, 2.24) is 15.1 Å². The second-order valence-electron chi connectivity index (χ2n) is 6.42. The molecule has 1 aromatic carbocycles. The van der Waals surface area contributed by atoms with Gasteiger partial charge in [0.05, 0.1) is 0 Å². The van der Waals surface area contributed by atoms with Gasteiger partial charge in [-0.15, -0.1) is 0 Å². The maximum Gasteiger partial charge on any atom is 0.175 e. The highest BCUT2D eigenvalue weighted by Crippen LogP contribution is 2.22. The molecular weight excluding hydrogens is 328 g/mol. The fraction of sp³-hybridized carbons (Fsp3) is 0.316. The molecular formula is C19H22N6O. The van der Waals surface area contributed by atoms with Crippen molar-refractivity contribution in [3.8, 4) is 0 Å². The fourth-order valence-electron chi connectivity index (χ4n) is 3.17. The Hall–Kier alpha value is -3.09. The quantitative estimate of drug-likeness (QED) is 0.775. The minimum Gasteiger partial charge on any atom is -0.368 e. The van der Waals surface area contributed by atoms with Gasteiger partial charge in [-0.05, 0) is 26.0 Å². The Bertz CT molecular complexity index is 871. The van der Waals surface area contributed by atoms with Crippen LogP contribution >= 0.6 is 0 Å². The Morgan fingerprint density at radius 2 is 1.62 bits per heavy atom. The molecule has 7 heteroatoms. The van der Waals surface area contributed by atoms with Crippen molar-refractivity contribution < 1.29 is 4.52 Å². The van der Waals surface area contributed by atoms with E-state index < -0.39 is 0 Å². The lowest BCUT2D eigenvalue weighted by atomic mass is 10.2. The third-order valence-electron chi connectivity index (χ3n) is 4.43. The summed E-state index contributed by atoms with van der Waals surface area (Å²) in [6.07, 6.45) is 0. The van der Waals surface area contributed by atoms with Gasteiger partial charge >= 0.3 is 0 Å². The minimum absolute atomic E-state index is 0.653. The predicted octanol–water partition coefficient (Wildman–Crippen LogP) is 3.15. The molecule has 1 aliphatic rings. The normalized spacial score (nSPS) is 14.5. The van der Waals surface area contributed by atoms with Gasteiger partial charge in [0.1, 0.15) is 23.2 Å². The molecule has 134 valence electrons. The van der Waals surface area contributed by atoms with E-state index in [1.165, 1.54) is 5.69 Å². The van der Waals surface area contributed by atoms with Crippen molar-refractivity contribution in [3.63, 3.8) is 0 Å². The number of benzene rings is 1. The lowest BCUT2D eigenvalue weighted by Crippen LogP contribution is -2.46. The van der Waals surface area contributed by atoms with E-state index in [9.17, 15) is 0 Å². The van der Waals surface area contributed by atoms with E-state index in [2.05, 4.69) is 54.5 Å². The van der Waals surface area contributed by atoms with Crippen LogP contribution in [0.3, 0.4) is 0 Å². The molecule has 0 bridgehead atoms. The number of nitrogens with one attached hydrogen (secondary N) is 1. The summed E-state index contributed by atoms with van der Waals surface area (Å²) in [5.41, 5.74) is 1.27. The zero-order valence-corrected chi connectivity index (χ0v) is 15.0. The van der Waals surface area contributed by atoms with Gasteiger partial charge in [-0.3, -0.25) is 0 Å². The van der Waals surface area contributed by atoms with Crippen LogP contribution in [0.15, 0.2) is 47.0 Å². The molecule has 1 N–H and O–H groups in total. The number of hydrogen-bond acceptors (Lipinski definition) is 7. The highest BCUT2D eigenvalue weighted by molar-refractivity contribution is 5.57. The average molecular weight is 350 g/mol. The number of piperazine rings is 1. The topological polar surface area (TPSA) is 70.3 Å². The van der Waals surface area contributed by atoms with Crippen molar-refractivity contribution in [2.75, 3.05) is 41.3 Å². The number of aromatic nitrogens is 3. The summed E-state index contributed by atoms with van der Waals surface area (Å²) in [5, 5.41) is 7.15. The van der Waals surface area contributed by atoms with Crippen LogP contribution in [0.1, 0.15) is 11.6 Å². The van der Waals surface area contributed by atoms with E-state index in [4.69, 9.17) is 4.52 Å². The van der Waals surface area contributed by atoms with Crippen molar-refractivity contribution in [2.45, 2.75) is 13.8 Å². The minimum atomic E-state index is 0.653. The molecule has 0 saturated carbocycles. The smallest absolute Gasteiger partial charge is 0.175 e. The molecule has 26 heavy (non-hydrogen) atoms. The first-order chi connectivity index (χ1) is 12.7. The van der Waals surface area contributed by atoms with Gasteiger partial charge in [-0.25, -0.2) is 9.97 Å². The van der Waals surface area contributed by atoms with E-state index in [0.717, 1.165) is 49.4 Å². The largest absolute Gasteiger partial charge is 0.368 e. The molecule has 0 amide bonds. The summed E-state index contributed by atoms with van der Waals surface area (Å²) in [5.74, 6) is 3.81. The standard InChI is InChI=1S/C19H22N6O/c1-14-12-18(23-26-14)22-17-13-19(21-15(2)20-17)25-10-8-24(9-11-25)16-6-4-3-5-7-16/h3-7,12-13H,8-11H2,1-2H3,(H,20,21,22,23). The van der Waals surface area contributed by atoms with Gasteiger partial charge in [0.15, 0.2) is 5.82 Å². The predicted molar refractivity (Wildman–Crippen MR) is 102 cm³/mol. The molecule has 3 aromatic rings. The lowest BCUT2D eigenvalue weighted by Gasteiger charge is -2.36. The highest BCUT2D eigenvalue weighted by atomic mass is 16.5. The van der Waals surface area contributed by atoms with Crippen LogP contribution in [0.5, 0.6) is 0 Å². The van der Waals surface area contributed by atoms with E-state index >= 15 is 0 Å². The zero-order chi connectivity index (χ0) is 17.9. The molecule has 0 radical (unpaired) electrons. The second kappa shape index (κ2) is 7.03. The van der Waals surface area contributed by atoms with Crippen molar-refractivity contribution in [2.24, 2.45) is 0 Å². The van der Waals surface area contributed by atoms with Gasteiger partial charge < -0.3 is 19.6 Å². The molecule has 7 nitrogen and oxygen atoms in total. The van der Waals surface area contributed by atoms with Crippen LogP contribution < -0.4 is 15.1 Å². The number of rotatable bonds is 4. The first-order valence-electron chi connectivity index (χ1n) is 8.78. The molecule has 1 saturated heterocycles. The average Bonchev–Trinajstić information content (AvgIpc) is 3.07. The van der Waals surface area contributed by atoms with E-state index in [-0.39, 0.29) is 0 Å². The molecule has 1 fully saturated rings. The number of anilines is 4. The molecule has 0 atom stereocenters. The van der Waals surface area contributed by atoms with Crippen molar-refractivity contribution >= 4 is 23.1 Å². The Kier molecular flexibility index (Phi) is 4.43. The Labute approximate surface area is 152 Å². The van der Waals surface area contributed by atoms with Crippen LogP contribution in [0.25, 0.3) is 0 Å². The van der Waals surface area contributed by atoms with Crippen LogP contribution in [0.2, 0.25) is 0 Å². The molecule has 0 aliphatic carbocycles. The molecule has 3 heterocycles. The first-order valence-corrected chi connectivity index (χ1v) is 8.78. The summed E-state index contributed by atoms with van der Waals surface area (Å²) < 4.78 is 5.10.